The summed E-state index contributed by atoms with van der Waals surface area (Å²) < 4.78 is 0. The number of carbonyl (C=O) groups excluding carboxylic acids is 1. The van der Waals surface area contributed by atoms with Gasteiger partial charge in [0.2, 0.25) is 5.91 Å². The van der Waals surface area contributed by atoms with Crippen molar-refractivity contribution in [3.05, 3.63) is 38.9 Å². The van der Waals surface area contributed by atoms with E-state index in [2.05, 4.69) is 17.6 Å². The van der Waals surface area contributed by atoms with Crippen LogP contribution in [0.3, 0.4) is 0 Å². The molecule has 1 fully saturated rings. The molecular formula is C14H18ClN3O3. The number of nitrogens with one attached hydrogen (secondary N) is 2. The van der Waals surface area contributed by atoms with Gasteiger partial charge >= 0.3 is 0 Å². The molecule has 21 heavy (non-hydrogen) atoms. The van der Waals surface area contributed by atoms with Gasteiger partial charge in [0.1, 0.15) is 0 Å². The quantitative estimate of drug-likeness (QED) is 0.657. The van der Waals surface area contributed by atoms with E-state index in [-0.39, 0.29) is 29.1 Å². The van der Waals surface area contributed by atoms with Gasteiger partial charge in [0.15, 0.2) is 0 Å². The molecule has 1 amide bonds. The van der Waals surface area contributed by atoms with Crippen molar-refractivity contribution in [2.45, 2.75) is 25.8 Å². The molecule has 0 spiro atoms. The normalized spacial score (nSPS) is 21.8. The minimum absolute atomic E-state index is 0.0748. The van der Waals surface area contributed by atoms with E-state index in [0.717, 1.165) is 19.5 Å². The van der Waals surface area contributed by atoms with Crippen LogP contribution in [0, 0.1) is 16.0 Å². The molecule has 0 radical (unpaired) electrons. The molecule has 7 heteroatoms. The molecule has 1 aromatic rings. The van der Waals surface area contributed by atoms with Crippen molar-refractivity contribution < 1.29 is 9.72 Å². The molecular weight excluding hydrogens is 294 g/mol. The van der Waals surface area contributed by atoms with Gasteiger partial charge in [-0.1, -0.05) is 24.6 Å². The van der Waals surface area contributed by atoms with Crippen molar-refractivity contribution in [3.63, 3.8) is 0 Å². The summed E-state index contributed by atoms with van der Waals surface area (Å²) in [5.74, 6) is 0.314. The van der Waals surface area contributed by atoms with Gasteiger partial charge in [0.05, 0.1) is 16.4 Å². The highest BCUT2D eigenvalue weighted by Crippen LogP contribution is 2.23. The smallest absolute Gasteiger partial charge is 0.270 e. The minimum Gasteiger partial charge on any atom is -0.352 e. The zero-order valence-electron chi connectivity index (χ0n) is 11.8. The van der Waals surface area contributed by atoms with Crippen LogP contribution in [0.2, 0.25) is 5.02 Å². The Morgan fingerprint density at radius 3 is 2.95 bits per heavy atom. The molecule has 2 unspecified atom stereocenters. The molecule has 1 aliphatic heterocycles. The maximum atomic E-state index is 12.1. The molecule has 0 saturated carbocycles. The Labute approximate surface area is 128 Å². The Kier molecular flexibility index (Phi) is 5.14. The molecule has 2 atom stereocenters. The topological polar surface area (TPSA) is 84.3 Å². The van der Waals surface area contributed by atoms with Gasteiger partial charge < -0.3 is 10.6 Å². The fraction of sp³-hybridized carbons (Fsp3) is 0.500. The zero-order chi connectivity index (χ0) is 15.4. The van der Waals surface area contributed by atoms with Gasteiger partial charge in [0.25, 0.3) is 5.69 Å². The van der Waals surface area contributed by atoms with E-state index in [1.54, 1.807) is 0 Å². The first kappa shape index (κ1) is 15.7. The summed E-state index contributed by atoms with van der Waals surface area (Å²) in [6.07, 6.45) is 1.16. The van der Waals surface area contributed by atoms with E-state index in [0.29, 0.717) is 11.5 Å². The molecule has 0 aromatic heterocycles. The Hall–Kier alpha value is -1.66. The summed E-state index contributed by atoms with van der Waals surface area (Å²) >= 11 is 5.99. The minimum atomic E-state index is -0.509. The summed E-state index contributed by atoms with van der Waals surface area (Å²) in [5, 5.41) is 17.1. The lowest BCUT2D eigenvalue weighted by atomic mass is 9.94. The van der Waals surface area contributed by atoms with E-state index < -0.39 is 4.92 Å². The molecule has 1 aromatic carbocycles. The monoisotopic (exact) mass is 311 g/mol. The first-order valence-corrected chi connectivity index (χ1v) is 7.28. The number of piperidine rings is 1. The molecule has 1 saturated heterocycles. The lowest BCUT2D eigenvalue weighted by Gasteiger charge is -2.30. The van der Waals surface area contributed by atoms with Crippen molar-refractivity contribution in [1.29, 1.82) is 0 Å². The summed E-state index contributed by atoms with van der Waals surface area (Å²) in [6.45, 7) is 3.85. The van der Waals surface area contributed by atoms with Crippen LogP contribution in [0.5, 0.6) is 0 Å². The number of carbonyl (C=O) groups is 1. The number of benzene rings is 1. The van der Waals surface area contributed by atoms with E-state index >= 15 is 0 Å². The van der Waals surface area contributed by atoms with E-state index in [4.69, 9.17) is 11.6 Å². The van der Waals surface area contributed by atoms with Crippen molar-refractivity contribution in [2.24, 2.45) is 5.92 Å². The van der Waals surface area contributed by atoms with E-state index in [1.165, 1.54) is 18.2 Å². The third-order valence-electron chi connectivity index (χ3n) is 3.77. The summed E-state index contributed by atoms with van der Waals surface area (Å²) in [4.78, 5) is 22.2. The van der Waals surface area contributed by atoms with Gasteiger partial charge in [-0.05, 0) is 24.4 Å². The van der Waals surface area contributed by atoms with Gasteiger partial charge in [-0.2, -0.15) is 0 Å². The number of nitrogens with zero attached hydrogens (tertiary/aromatic N) is 1. The number of nitro groups is 1. The van der Waals surface area contributed by atoms with Crippen LogP contribution in [-0.2, 0) is 11.2 Å². The van der Waals surface area contributed by atoms with Crippen LogP contribution in [0.4, 0.5) is 5.69 Å². The number of hydrogen-bond acceptors (Lipinski definition) is 4. The molecule has 1 aliphatic rings. The highest BCUT2D eigenvalue weighted by atomic mass is 35.5. The average molecular weight is 312 g/mol. The number of amides is 1. The summed E-state index contributed by atoms with van der Waals surface area (Å²) in [6, 6.07) is 4.28. The first-order valence-electron chi connectivity index (χ1n) is 6.90. The zero-order valence-corrected chi connectivity index (χ0v) is 12.5. The highest BCUT2D eigenvalue weighted by molar-refractivity contribution is 6.31. The number of rotatable bonds is 4. The number of nitro benzene ring substituents is 1. The lowest BCUT2D eigenvalue weighted by molar-refractivity contribution is -0.384. The maximum Gasteiger partial charge on any atom is 0.270 e. The van der Waals surface area contributed by atoms with Crippen LogP contribution in [0.25, 0.3) is 0 Å². The fourth-order valence-corrected chi connectivity index (χ4v) is 2.65. The number of hydrogen-bond donors (Lipinski definition) is 2. The lowest BCUT2D eigenvalue weighted by Crippen LogP contribution is -2.50. The number of halogens is 1. The standard InChI is InChI=1S/C14H18ClN3O3/c1-9-4-5-16-8-13(9)17-14(19)6-10-2-3-11(18(20)21)7-12(10)15/h2-3,7,9,13,16H,4-6,8H2,1H3,(H,17,19). The Morgan fingerprint density at radius 2 is 2.33 bits per heavy atom. The van der Waals surface area contributed by atoms with Crippen molar-refractivity contribution in [3.8, 4) is 0 Å². The molecule has 0 aliphatic carbocycles. The second kappa shape index (κ2) is 6.87. The van der Waals surface area contributed by atoms with Gasteiger partial charge in [-0.3, -0.25) is 14.9 Å². The molecule has 0 bridgehead atoms. The van der Waals surface area contributed by atoms with Gasteiger partial charge in [-0.25, -0.2) is 0 Å². The molecule has 6 nitrogen and oxygen atoms in total. The predicted octanol–water partition coefficient (Wildman–Crippen LogP) is 1.90. The SMILES string of the molecule is CC1CCNCC1NC(=O)Cc1ccc([N+](=O)[O-])cc1Cl. The van der Waals surface area contributed by atoms with E-state index in [9.17, 15) is 14.9 Å². The van der Waals surface area contributed by atoms with E-state index in [1.807, 2.05) is 0 Å². The second-order valence-electron chi connectivity index (χ2n) is 5.35. The Morgan fingerprint density at radius 1 is 1.57 bits per heavy atom. The second-order valence-corrected chi connectivity index (χ2v) is 5.76. The van der Waals surface area contributed by atoms with Crippen LogP contribution < -0.4 is 10.6 Å². The third kappa shape index (κ3) is 4.15. The van der Waals surface area contributed by atoms with Gasteiger partial charge in [0, 0.05) is 24.7 Å². The summed E-state index contributed by atoms with van der Waals surface area (Å²) in [5.41, 5.74) is 0.519. The van der Waals surface area contributed by atoms with Crippen LogP contribution in [0.1, 0.15) is 18.9 Å². The van der Waals surface area contributed by atoms with Gasteiger partial charge in [-0.15, -0.1) is 0 Å². The Balaban J connectivity index is 1.97. The number of non-ortho nitro benzene ring substituents is 1. The molecule has 114 valence electrons. The predicted molar refractivity (Wildman–Crippen MR) is 80.4 cm³/mol. The molecule has 2 N–H and O–H groups in total. The average Bonchev–Trinajstić information content (AvgIpc) is 2.43. The highest BCUT2D eigenvalue weighted by Gasteiger charge is 2.23. The largest absolute Gasteiger partial charge is 0.352 e. The van der Waals surface area contributed by atoms with Crippen molar-refractivity contribution >= 4 is 23.2 Å². The van der Waals surface area contributed by atoms with Crippen LogP contribution in [-0.4, -0.2) is 30.0 Å². The molecule has 2 rings (SSSR count). The third-order valence-corrected chi connectivity index (χ3v) is 4.12. The first-order chi connectivity index (χ1) is 9.97. The molecule has 1 heterocycles. The van der Waals surface area contributed by atoms with Crippen LogP contribution in [0.15, 0.2) is 18.2 Å². The Bertz CT molecular complexity index is 550. The summed E-state index contributed by atoms with van der Waals surface area (Å²) in [7, 11) is 0. The van der Waals surface area contributed by atoms with Crippen LogP contribution >= 0.6 is 11.6 Å². The maximum absolute atomic E-state index is 12.1. The fourth-order valence-electron chi connectivity index (χ4n) is 2.41. The van der Waals surface area contributed by atoms with Crippen molar-refractivity contribution in [1.82, 2.24) is 10.6 Å². The van der Waals surface area contributed by atoms with Crippen molar-refractivity contribution in [2.75, 3.05) is 13.1 Å².